The van der Waals surface area contributed by atoms with Gasteiger partial charge in [0.1, 0.15) is 5.82 Å². The van der Waals surface area contributed by atoms with Crippen LogP contribution in [0.15, 0.2) is 18.2 Å². The normalized spacial score (nSPS) is 15.0. The lowest BCUT2D eigenvalue weighted by Gasteiger charge is -2.29. The molecule has 17 heavy (non-hydrogen) atoms. The predicted molar refractivity (Wildman–Crippen MR) is 66.8 cm³/mol. The minimum atomic E-state index is -0.206. The molecule has 2 unspecified atom stereocenters. The van der Waals surface area contributed by atoms with Gasteiger partial charge in [0.2, 0.25) is 0 Å². The summed E-state index contributed by atoms with van der Waals surface area (Å²) in [5.74, 6) is 5.69. The average molecular weight is 240 g/mol. The molecule has 96 valence electrons. The number of benzene rings is 1. The van der Waals surface area contributed by atoms with Gasteiger partial charge in [0.15, 0.2) is 0 Å². The first-order chi connectivity index (χ1) is 8.01. The van der Waals surface area contributed by atoms with Crippen LogP contribution in [0.4, 0.5) is 4.39 Å². The van der Waals surface area contributed by atoms with Crippen molar-refractivity contribution in [1.29, 1.82) is 0 Å². The Morgan fingerprint density at radius 1 is 1.35 bits per heavy atom. The number of rotatable bonds is 5. The van der Waals surface area contributed by atoms with Crippen LogP contribution in [0.3, 0.4) is 0 Å². The molecule has 0 aliphatic rings. The first-order valence-corrected chi connectivity index (χ1v) is 5.76. The minimum absolute atomic E-state index is 0.0511. The van der Waals surface area contributed by atoms with Gasteiger partial charge < -0.3 is 4.74 Å². The Labute approximate surface area is 102 Å². The standard InChI is InChI=1S/C13H21FN2O/c1-8(2)13(17-4)12(16-15)10-5-6-11(14)9(3)7-10/h5-8,12-13,16H,15H2,1-4H3. The molecule has 0 aromatic heterocycles. The van der Waals surface area contributed by atoms with E-state index in [0.29, 0.717) is 11.5 Å². The highest BCUT2D eigenvalue weighted by Crippen LogP contribution is 2.25. The fourth-order valence-electron chi connectivity index (χ4n) is 2.04. The minimum Gasteiger partial charge on any atom is -0.379 e. The molecule has 0 spiro atoms. The van der Waals surface area contributed by atoms with E-state index in [1.165, 1.54) is 6.07 Å². The Morgan fingerprint density at radius 2 is 2.00 bits per heavy atom. The van der Waals surface area contributed by atoms with Gasteiger partial charge >= 0.3 is 0 Å². The fourth-order valence-corrected chi connectivity index (χ4v) is 2.04. The summed E-state index contributed by atoms with van der Waals surface area (Å²) in [6.07, 6.45) is -0.0511. The van der Waals surface area contributed by atoms with E-state index in [-0.39, 0.29) is 18.0 Å². The van der Waals surface area contributed by atoms with E-state index in [1.54, 1.807) is 26.2 Å². The molecule has 0 bridgehead atoms. The third-order valence-corrected chi connectivity index (χ3v) is 2.98. The SMILES string of the molecule is COC(C(C)C)C(NN)c1ccc(F)c(C)c1. The summed E-state index contributed by atoms with van der Waals surface area (Å²) in [4.78, 5) is 0. The van der Waals surface area contributed by atoms with Crippen LogP contribution < -0.4 is 11.3 Å². The number of hydrogen-bond acceptors (Lipinski definition) is 3. The zero-order valence-electron chi connectivity index (χ0n) is 10.8. The van der Waals surface area contributed by atoms with Crippen LogP contribution in [0.25, 0.3) is 0 Å². The van der Waals surface area contributed by atoms with E-state index < -0.39 is 0 Å². The predicted octanol–water partition coefficient (Wildman–Crippen LogP) is 2.31. The second-order valence-electron chi connectivity index (χ2n) is 4.60. The van der Waals surface area contributed by atoms with E-state index in [2.05, 4.69) is 19.3 Å². The van der Waals surface area contributed by atoms with Crippen LogP contribution in [0.2, 0.25) is 0 Å². The lowest BCUT2D eigenvalue weighted by Crippen LogP contribution is -2.40. The lowest BCUT2D eigenvalue weighted by atomic mass is 9.93. The number of nitrogens with two attached hydrogens (primary N) is 1. The van der Waals surface area contributed by atoms with Crippen molar-refractivity contribution in [2.24, 2.45) is 11.8 Å². The lowest BCUT2D eigenvalue weighted by molar-refractivity contribution is 0.0326. The number of methoxy groups -OCH3 is 1. The summed E-state index contributed by atoms with van der Waals surface area (Å²) in [7, 11) is 1.66. The van der Waals surface area contributed by atoms with E-state index in [9.17, 15) is 4.39 Å². The number of halogens is 1. The van der Waals surface area contributed by atoms with Crippen molar-refractivity contribution >= 4 is 0 Å². The summed E-state index contributed by atoms with van der Waals surface area (Å²) in [6, 6.07) is 4.86. The molecular formula is C13H21FN2O. The van der Waals surface area contributed by atoms with Crippen LogP contribution in [0, 0.1) is 18.7 Å². The molecule has 1 rings (SSSR count). The summed E-state index contributed by atoms with van der Waals surface area (Å²) in [5.41, 5.74) is 4.30. The van der Waals surface area contributed by atoms with Crippen LogP contribution in [0.1, 0.15) is 31.0 Å². The summed E-state index contributed by atoms with van der Waals surface area (Å²) in [6.45, 7) is 5.87. The maximum Gasteiger partial charge on any atom is 0.126 e. The smallest absolute Gasteiger partial charge is 0.126 e. The first kappa shape index (κ1) is 14.1. The summed E-state index contributed by atoms with van der Waals surface area (Å²) < 4.78 is 18.7. The van der Waals surface area contributed by atoms with Crippen LogP contribution in [-0.2, 0) is 4.74 Å². The Hall–Kier alpha value is -0.970. The zero-order valence-corrected chi connectivity index (χ0v) is 10.8. The van der Waals surface area contributed by atoms with Crippen molar-refractivity contribution in [2.75, 3.05) is 7.11 Å². The maximum absolute atomic E-state index is 13.2. The van der Waals surface area contributed by atoms with Crippen LogP contribution >= 0.6 is 0 Å². The number of nitrogens with one attached hydrogen (secondary N) is 1. The molecule has 0 saturated carbocycles. The van der Waals surface area contributed by atoms with E-state index in [4.69, 9.17) is 10.6 Å². The number of aryl methyl sites for hydroxylation is 1. The van der Waals surface area contributed by atoms with Gasteiger partial charge in [-0.1, -0.05) is 26.0 Å². The monoisotopic (exact) mass is 240 g/mol. The van der Waals surface area contributed by atoms with Crippen molar-refractivity contribution in [3.8, 4) is 0 Å². The Morgan fingerprint density at radius 3 is 2.41 bits per heavy atom. The third-order valence-electron chi connectivity index (χ3n) is 2.98. The molecule has 0 fully saturated rings. The highest BCUT2D eigenvalue weighted by atomic mass is 19.1. The van der Waals surface area contributed by atoms with Crippen molar-refractivity contribution in [3.63, 3.8) is 0 Å². The van der Waals surface area contributed by atoms with Gasteiger partial charge in [-0.3, -0.25) is 11.3 Å². The van der Waals surface area contributed by atoms with Gasteiger partial charge in [0.25, 0.3) is 0 Å². The van der Waals surface area contributed by atoms with Gasteiger partial charge in [-0.15, -0.1) is 0 Å². The molecule has 0 amide bonds. The fraction of sp³-hybridized carbons (Fsp3) is 0.538. The number of hydrazine groups is 1. The Bertz CT molecular complexity index is 368. The quantitative estimate of drug-likeness (QED) is 0.613. The second-order valence-corrected chi connectivity index (χ2v) is 4.60. The molecule has 0 aliphatic carbocycles. The van der Waals surface area contributed by atoms with Crippen LogP contribution in [0.5, 0.6) is 0 Å². The molecular weight excluding hydrogens is 219 g/mol. The Kier molecular flexibility index (Phi) is 5.05. The van der Waals surface area contributed by atoms with Crippen molar-refractivity contribution < 1.29 is 9.13 Å². The molecule has 1 aromatic rings. The highest BCUT2D eigenvalue weighted by Gasteiger charge is 2.25. The van der Waals surface area contributed by atoms with Crippen molar-refractivity contribution in [1.82, 2.24) is 5.43 Å². The van der Waals surface area contributed by atoms with Gasteiger partial charge in [-0.05, 0) is 30.0 Å². The van der Waals surface area contributed by atoms with Crippen molar-refractivity contribution in [2.45, 2.75) is 32.9 Å². The molecule has 0 saturated heterocycles. The van der Waals surface area contributed by atoms with Gasteiger partial charge in [-0.2, -0.15) is 0 Å². The molecule has 3 N–H and O–H groups in total. The molecule has 0 heterocycles. The molecule has 0 aliphatic heterocycles. The third kappa shape index (κ3) is 3.25. The van der Waals surface area contributed by atoms with E-state index >= 15 is 0 Å². The molecule has 1 aromatic carbocycles. The van der Waals surface area contributed by atoms with E-state index in [0.717, 1.165) is 5.56 Å². The summed E-state index contributed by atoms with van der Waals surface area (Å²) in [5, 5.41) is 0. The van der Waals surface area contributed by atoms with E-state index in [1.807, 2.05) is 0 Å². The van der Waals surface area contributed by atoms with Gasteiger partial charge in [-0.25, -0.2) is 4.39 Å². The molecule has 4 heteroatoms. The Balaban J connectivity index is 3.03. The first-order valence-electron chi connectivity index (χ1n) is 5.76. The zero-order chi connectivity index (χ0) is 13.0. The molecule has 3 nitrogen and oxygen atoms in total. The van der Waals surface area contributed by atoms with Crippen LogP contribution in [-0.4, -0.2) is 13.2 Å². The molecule has 2 atom stereocenters. The highest BCUT2D eigenvalue weighted by molar-refractivity contribution is 5.27. The maximum atomic E-state index is 13.2. The van der Waals surface area contributed by atoms with Gasteiger partial charge in [0.05, 0.1) is 12.1 Å². The number of hydrogen-bond donors (Lipinski definition) is 2. The second kappa shape index (κ2) is 6.10. The largest absolute Gasteiger partial charge is 0.379 e. The summed E-state index contributed by atoms with van der Waals surface area (Å²) >= 11 is 0. The van der Waals surface area contributed by atoms with Gasteiger partial charge in [0, 0.05) is 7.11 Å². The average Bonchev–Trinajstić information content (AvgIpc) is 2.29. The molecule has 0 radical (unpaired) electrons. The topological polar surface area (TPSA) is 47.3 Å². The number of ether oxygens (including phenoxy) is 1. The van der Waals surface area contributed by atoms with Crippen molar-refractivity contribution in [3.05, 3.63) is 35.1 Å².